The highest BCUT2D eigenvalue weighted by Gasteiger charge is 2.45. The van der Waals surface area contributed by atoms with Crippen molar-refractivity contribution in [2.75, 3.05) is 13.7 Å². The van der Waals surface area contributed by atoms with Crippen LogP contribution in [0, 0.1) is 5.92 Å². The monoisotopic (exact) mass is 279 g/mol. The fourth-order valence-corrected chi connectivity index (χ4v) is 3.48. The molecule has 2 aliphatic carbocycles. The van der Waals surface area contributed by atoms with E-state index in [0.717, 1.165) is 56.2 Å². The van der Waals surface area contributed by atoms with Gasteiger partial charge in [0.15, 0.2) is 0 Å². The van der Waals surface area contributed by atoms with Crippen LogP contribution >= 0.6 is 0 Å². The van der Waals surface area contributed by atoms with Crippen LogP contribution in [0.5, 0.6) is 0 Å². The second kappa shape index (κ2) is 5.11. The van der Waals surface area contributed by atoms with Gasteiger partial charge in [-0.25, -0.2) is 0 Å². The number of hydrogen-bond donors (Lipinski definition) is 1. The predicted octanol–water partition coefficient (Wildman–Crippen LogP) is 2.50. The van der Waals surface area contributed by atoms with Gasteiger partial charge in [0.2, 0.25) is 11.7 Å². The SMILES string of the molecule is COC1(c2noc(C3(CN)CCC3)n2)CCC(C)CC1. The summed E-state index contributed by atoms with van der Waals surface area (Å²) in [6, 6.07) is 0. The highest BCUT2D eigenvalue weighted by molar-refractivity contribution is 5.14. The van der Waals surface area contributed by atoms with E-state index in [1.807, 2.05) is 0 Å². The van der Waals surface area contributed by atoms with Crippen molar-refractivity contribution < 1.29 is 9.26 Å². The molecule has 2 aliphatic rings. The third-order valence-corrected chi connectivity index (χ3v) is 5.46. The van der Waals surface area contributed by atoms with Crippen LogP contribution in [0.2, 0.25) is 0 Å². The van der Waals surface area contributed by atoms with Crippen molar-refractivity contribution in [2.24, 2.45) is 11.7 Å². The maximum atomic E-state index is 5.91. The second-order valence-corrected chi connectivity index (χ2v) is 6.64. The van der Waals surface area contributed by atoms with E-state index in [0.29, 0.717) is 6.54 Å². The highest BCUT2D eigenvalue weighted by atomic mass is 16.5. The van der Waals surface area contributed by atoms with Crippen molar-refractivity contribution in [2.45, 2.75) is 62.9 Å². The first-order valence-corrected chi connectivity index (χ1v) is 7.74. The average molecular weight is 279 g/mol. The molecule has 0 unspecified atom stereocenters. The molecular weight excluding hydrogens is 254 g/mol. The molecule has 0 saturated heterocycles. The summed E-state index contributed by atoms with van der Waals surface area (Å²) in [6.45, 7) is 2.88. The molecule has 0 bridgehead atoms. The lowest BCUT2D eigenvalue weighted by molar-refractivity contribution is -0.0609. The molecule has 0 radical (unpaired) electrons. The van der Waals surface area contributed by atoms with Gasteiger partial charge < -0.3 is 15.0 Å². The molecular formula is C15H25N3O2. The Balaban J connectivity index is 1.85. The third-order valence-electron chi connectivity index (χ3n) is 5.46. The summed E-state index contributed by atoms with van der Waals surface area (Å²) in [4.78, 5) is 4.68. The molecule has 0 amide bonds. The Kier molecular flexibility index (Phi) is 3.58. The Hall–Kier alpha value is -0.940. The van der Waals surface area contributed by atoms with Crippen LogP contribution in [0.1, 0.15) is 63.6 Å². The molecule has 1 aromatic heterocycles. The molecule has 2 N–H and O–H groups in total. The normalized spacial score (nSPS) is 32.9. The van der Waals surface area contributed by atoms with Gasteiger partial charge in [0.05, 0.1) is 5.41 Å². The van der Waals surface area contributed by atoms with E-state index in [-0.39, 0.29) is 11.0 Å². The van der Waals surface area contributed by atoms with Crippen molar-refractivity contribution in [3.63, 3.8) is 0 Å². The lowest BCUT2D eigenvalue weighted by atomic mass is 9.68. The Bertz CT molecular complexity index is 454. The first kappa shape index (κ1) is 14.0. The van der Waals surface area contributed by atoms with E-state index >= 15 is 0 Å². The largest absolute Gasteiger partial charge is 0.370 e. The van der Waals surface area contributed by atoms with Gasteiger partial charge in [-0.15, -0.1) is 0 Å². The molecule has 2 saturated carbocycles. The number of ether oxygens (including phenoxy) is 1. The zero-order chi connectivity index (χ0) is 14.2. The van der Waals surface area contributed by atoms with E-state index in [2.05, 4.69) is 17.1 Å². The van der Waals surface area contributed by atoms with Crippen LogP contribution in [0.15, 0.2) is 4.52 Å². The van der Waals surface area contributed by atoms with Crippen molar-refractivity contribution in [1.29, 1.82) is 0 Å². The number of nitrogens with two attached hydrogens (primary N) is 1. The Labute approximate surface area is 120 Å². The zero-order valence-electron chi connectivity index (χ0n) is 12.5. The van der Waals surface area contributed by atoms with Crippen molar-refractivity contribution in [3.8, 4) is 0 Å². The Morgan fingerprint density at radius 1 is 1.30 bits per heavy atom. The minimum absolute atomic E-state index is 0.0673. The van der Waals surface area contributed by atoms with E-state index in [1.165, 1.54) is 6.42 Å². The molecule has 20 heavy (non-hydrogen) atoms. The summed E-state index contributed by atoms with van der Waals surface area (Å²) in [6.07, 6.45) is 7.56. The van der Waals surface area contributed by atoms with Gasteiger partial charge in [-0.2, -0.15) is 4.98 Å². The topological polar surface area (TPSA) is 74.2 Å². The van der Waals surface area contributed by atoms with Crippen LogP contribution in [0.4, 0.5) is 0 Å². The summed E-state index contributed by atoms with van der Waals surface area (Å²) in [5, 5.41) is 4.24. The smallest absolute Gasteiger partial charge is 0.234 e. The maximum Gasteiger partial charge on any atom is 0.234 e. The summed E-state index contributed by atoms with van der Waals surface area (Å²) in [7, 11) is 1.76. The number of aromatic nitrogens is 2. The fourth-order valence-electron chi connectivity index (χ4n) is 3.48. The van der Waals surface area contributed by atoms with Gasteiger partial charge >= 0.3 is 0 Å². The number of rotatable bonds is 4. The van der Waals surface area contributed by atoms with Crippen molar-refractivity contribution in [1.82, 2.24) is 10.1 Å². The molecule has 0 aliphatic heterocycles. The summed E-state index contributed by atoms with van der Waals surface area (Å²) in [5.41, 5.74) is 5.49. The Morgan fingerprint density at radius 2 is 2.00 bits per heavy atom. The molecule has 3 rings (SSSR count). The summed E-state index contributed by atoms with van der Waals surface area (Å²) >= 11 is 0. The molecule has 5 heteroatoms. The lowest BCUT2D eigenvalue weighted by Gasteiger charge is -2.37. The van der Waals surface area contributed by atoms with Gasteiger partial charge in [0.25, 0.3) is 0 Å². The quantitative estimate of drug-likeness (QED) is 0.916. The van der Waals surface area contributed by atoms with Crippen LogP contribution in [-0.2, 0) is 15.8 Å². The van der Waals surface area contributed by atoms with Gasteiger partial charge in [-0.1, -0.05) is 18.5 Å². The highest BCUT2D eigenvalue weighted by Crippen LogP contribution is 2.45. The number of nitrogens with zero attached hydrogens (tertiary/aromatic N) is 2. The fraction of sp³-hybridized carbons (Fsp3) is 0.867. The molecule has 5 nitrogen and oxygen atoms in total. The van der Waals surface area contributed by atoms with E-state index in [4.69, 9.17) is 15.0 Å². The third kappa shape index (κ3) is 2.07. The minimum Gasteiger partial charge on any atom is -0.370 e. The van der Waals surface area contributed by atoms with Crippen LogP contribution < -0.4 is 5.73 Å². The molecule has 1 heterocycles. The van der Waals surface area contributed by atoms with E-state index in [9.17, 15) is 0 Å². The van der Waals surface area contributed by atoms with Gasteiger partial charge in [-0.05, 0) is 44.4 Å². The number of hydrogen-bond acceptors (Lipinski definition) is 5. The lowest BCUT2D eigenvalue weighted by Crippen LogP contribution is -2.42. The standard InChI is InChI=1S/C15H25N3O2/c1-11-4-8-15(19-2,9-5-11)12-17-13(20-18-12)14(10-16)6-3-7-14/h11H,3-10,16H2,1-2H3. The van der Waals surface area contributed by atoms with Crippen LogP contribution in [0.3, 0.4) is 0 Å². The van der Waals surface area contributed by atoms with E-state index in [1.54, 1.807) is 7.11 Å². The van der Waals surface area contributed by atoms with E-state index < -0.39 is 0 Å². The first-order valence-electron chi connectivity index (χ1n) is 7.74. The van der Waals surface area contributed by atoms with Crippen LogP contribution in [0.25, 0.3) is 0 Å². The molecule has 0 spiro atoms. The maximum absolute atomic E-state index is 5.91. The molecule has 1 aromatic rings. The zero-order valence-corrected chi connectivity index (χ0v) is 12.5. The summed E-state index contributed by atoms with van der Waals surface area (Å²) < 4.78 is 11.4. The second-order valence-electron chi connectivity index (χ2n) is 6.64. The van der Waals surface area contributed by atoms with Crippen molar-refractivity contribution >= 4 is 0 Å². The van der Waals surface area contributed by atoms with Crippen molar-refractivity contribution in [3.05, 3.63) is 11.7 Å². The number of methoxy groups -OCH3 is 1. The van der Waals surface area contributed by atoms with Crippen LogP contribution in [-0.4, -0.2) is 23.8 Å². The molecule has 2 fully saturated rings. The molecule has 112 valence electrons. The Morgan fingerprint density at radius 3 is 2.50 bits per heavy atom. The first-order chi connectivity index (χ1) is 9.64. The molecule has 0 atom stereocenters. The minimum atomic E-state index is -0.353. The summed E-state index contributed by atoms with van der Waals surface area (Å²) in [5.74, 6) is 2.20. The van der Waals surface area contributed by atoms with Gasteiger partial charge in [-0.3, -0.25) is 0 Å². The van der Waals surface area contributed by atoms with Gasteiger partial charge in [0, 0.05) is 13.7 Å². The van der Waals surface area contributed by atoms with Gasteiger partial charge in [0.1, 0.15) is 5.60 Å². The molecule has 0 aromatic carbocycles. The average Bonchev–Trinajstić information content (AvgIpc) is 2.90. The predicted molar refractivity (Wildman–Crippen MR) is 75.2 cm³/mol.